The van der Waals surface area contributed by atoms with Crippen LogP contribution < -0.4 is 5.32 Å². The molecule has 1 rings (SSSR count). The number of carbonyl (C=O) groups excluding carboxylic acids is 2. The van der Waals surface area contributed by atoms with Gasteiger partial charge >= 0.3 is 12.2 Å². The first-order valence-electron chi connectivity index (χ1n) is 5.48. The Labute approximate surface area is 103 Å². The van der Waals surface area contributed by atoms with E-state index in [2.05, 4.69) is 0 Å². The van der Waals surface area contributed by atoms with Crippen molar-refractivity contribution in [3.63, 3.8) is 0 Å². The van der Waals surface area contributed by atoms with E-state index in [9.17, 15) is 22.8 Å². The summed E-state index contributed by atoms with van der Waals surface area (Å²) in [6, 6.07) is -1.71. The molecule has 0 spiro atoms. The number of halogens is 3. The summed E-state index contributed by atoms with van der Waals surface area (Å²) >= 11 is 0. The van der Waals surface area contributed by atoms with Crippen molar-refractivity contribution in [1.82, 2.24) is 10.2 Å². The molecular weight excluding hydrogens is 249 g/mol. The summed E-state index contributed by atoms with van der Waals surface area (Å²) in [5.41, 5.74) is -1.10. The summed E-state index contributed by atoms with van der Waals surface area (Å²) < 4.78 is 37.6. The van der Waals surface area contributed by atoms with Crippen LogP contribution in [0.15, 0.2) is 11.8 Å². The van der Waals surface area contributed by atoms with Crippen molar-refractivity contribution in [2.75, 3.05) is 7.05 Å². The van der Waals surface area contributed by atoms with Crippen molar-refractivity contribution in [3.8, 4) is 0 Å². The molecule has 1 aliphatic heterocycles. The molecule has 1 heterocycles. The van der Waals surface area contributed by atoms with Gasteiger partial charge in [-0.1, -0.05) is 13.8 Å². The zero-order chi connectivity index (χ0) is 14.1. The second kappa shape index (κ2) is 4.99. The molecule has 2 amide bonds. The summed E-state index contributed by atoms with van der Waals surface area (Å²) in [6.07, 6.45) is -3.85. The number of likely N-dealkylation sites (N-methyl/N-ethyl adjacent to an activating group) is 1. The van der Waals surface area contributed by atoms with Gasteiger partial charge in [0.1, 0.15) is 11.5 Å². The number of rotatable bonds is 3. The van der Waals surface area contributed by atoms with Crippen molar-refractivity contribution in [2.45, 2.75) is 32.5 Å². The zero-order valence-corrected chi connectivity index (χ0v) is 10.3. The van der Waals surface area contributed by atoms with Gasteiger partial charge in [-0.05, 0) is 6.08 Å². The minimum atomic E-state index is -4.62. The number of Topliss-reactive ketones (excluding diaryl/α,β-unsaturated/α-hetero) is 1. The molecule has 0 fully saturated rings. The normalized spacial score (nSPS) is 20.8. The summed E-state index contributed by atoms with van der Waals surface area (Å²) in [6.45, 7) is 3.33. The summed E-state index contributed by atoms with van der Waals surface area (Å²) in [5.74, 6) is -0.453. The van der Waals surface area contributed by atoms with E-state index in [0.29, 0.717) is 0 Å². The maximum absolute atomic E-state index is 12.5. The van der Waals surface area contributed by atoms with Crippen LogP contribution in [0.3, 0.4) is 0 Å². The van der Waals surface area contributed by atoms with Crippen LogP contribution in [0, 0.1) is 5.92 Å². The topological polar surface area (TPSA) is 49.4 Å². The number of carbonyl (C=O) groups is 2. The molecule has 0 bridgehead atoms. The molecule has 7 heteroatoms. The van der Waals surface area contributed by atoms with Gasteiger partial charge in [-0.25, -0.2) is 4.79 Å². The molecule has 1 N–H and O–H groups in total. The molecule has 0 aromatic heterocycles. The Morgan fingerprint density at radius 2 is 2.06 bits per heavy atom. The second-order valence-electron chi connectivity index (χ2n) is 4.51. The van der Waals surface area contributed by atoms with Gasteiger partial charge in [0.05, 0.1) is 6.04 Å². The molecule has 1 unspecified atom stereocenters. The summed E-state index contributed by atoms with van der Waals surface area (Å²) in [4.78, 5) is 24.0. The molecule has 0 aromatic rings. The molecule has 0 aromatic carbocycles. The highest BCUT2D eigenvalue weighted by molar-refractivity contribution is 5.83. The minimum Gasteiger partial charge on any atom is -0.321 e. The predicted octanol–water partition coefficient (Wildman–Crippen LogP) is 2.07. The van der Waals surface area contributed by atoms with E-state index in [1.165, 1.54) is 7.05 Å². The fourth-order valence-corrected chi connectivity index (χ4v) is 1.50. The number of alkyl halides is 3. The second-order valence-corrected chi connectivity index (χ2v) is 4.51. The fourth-order valence-electron chi connectivity index (χ4n) is 1.50. The number of ketones is 1. The Kier molecular flexibility index (Phi) is 4.03. The van der Waals surface area contributed by atoms with Crippen molar-refractivity contribution < 1.29 is 22.8 Å². The summed E-state index contributed by atoms with van der Waals surface area (Å²) in [7, 11) is 1.36. The molecule has 18 heavy (non-hydrogen) atoms. The van der Waals surface area contributed by atoms with E-state index >= 15 is 0 Å². The van der Waals surface area contributed by atoms with E-state index in [-0.39, 0.29) is 18.1 Å². The lowest BCUT2D eigenvalue weighted by molar-refractivity contribution is -0.122. The van der Waals surface area contributed by atoms with Gasteiger partial charge in [0.15, 0.2) is 0 Å². The maximum atomic E-state index is 12.5. The molecule has 0 aliphatic carbocycles. The van der Waals surface area contributed by atoms with Crippen molar-refractivity contribution >= 4 is 11.8 Å². The van der Waals surface area contributed by atoms with Gasteiger partial charge in [-0.2, -0.15) is 13.2 Å². The van der Waals surface area contributed by atoms with Crippen LogP contribution >= 0.6 is 0 Å². The highest BCUT2D eigenvalue weighted by Gasteiger charge is 2.40. The Hall–Kier alpha value is -1.53. The third-order valence-corrected chi connectivity index (χ3v) is 2.78. The van der Waals surface area contributed by atoms with Gasteiger partial charge in [0.2, 0.25) is 0 Å². The van der Waals surface area contributed by atoms with Gasteiger partial charge < -0.3 is 10.2 Å². The molecular formula is C11H15F3N2O2. The average molecular weight is 264 g/mol. The summed E-state index contributed by atoms with van der Waals surface area (Å²) in [5, 5.41) is 1.75. The quantitative estimate of drug-likeness (QED) is 0.848. The lowest BCUT2D eigenvalue weighted by Crippen LogP contribution is -2.50. The first-order valence-corrected chi connectivity index (χ1v) is 5.48. The number of urea groups is 1. The molecule has 0 saturated heterocycles. The van der Waals surface area contributed by atoms with Crippen LogP contribution in [0.4, 0.5) is 18.0 Å². The Balaban J connectivity index is 2.94. The van der Waals surface area contributed by atoms with Crippen LogP contribution in [-0.4, -0.2) is 36.0 Å². The standard InChI is InChI=1S/C11H15F3N2O2/c1-6(2)8(17)4-7-5-9(11(12,13)14)15-10(18)16(7)3/h5-7H,4H2,1-3H3,(H,15,18). The maximum Gasteiger partial charge on any atom is 0.431 e. The number of hydrogen-bond acceptors (Lipinski definition) is 2. The minimum absolute atomic E-state index is 0.110. The van der Waals surface area contributed by atoms with Crippen molar-refractivity contribution in [2.24, 2.45) is 5.92 Å². The molecule has 1 aliphatic rings. The highest BCUT2D eigenvalue weighted by Crippen LogP contribution is 2.27. The zero-order valence-electron chi connectivity index (χ0n) is 10.3. The van der Waals surface area contributed by atoms with E-state index in [1.54, 1.807) is 19.2 Å². The monoisotopic (exact) mass is 264 g/mol. The SMILES string of the molecule is CC(C)C(=O)CC1C=C(C(F)(F)F)NC(=O)N1C. The number of hydrogen-bond donors (Lipinski definition) is 1. The van der Waals surface area contributed by atoms with Crippen molar-refractivity contribution in [1.29, 1.82) is 0 Å². The van der Waals surface area contributed by atoms with Gasteiger partial charge in [-0.3, -0.25) is 4.79 Å². The Bertz CT molecular complexity index is 388. The molecule has 1 atom stereocenters. The number of nitrogens with zero attached hydrogens (tertiary/aromatic N) is 1. The first-order chi connectivity index (χ1) is 8.12. The largest absolute Gasteiger partial charge is 0.431 e. The molecule has 0 radical (unpaired) electrons. The predicted molar refractivity (Wildman–Crippen MR) is 58.7 cm³/mol. The van der Waals surface area contributed by atoms with Crippen molar-refractivity contribution in [3.05, 3.63) is 11.8 Å². The first kappa shape index (κ1) is 14.5. The third-order valence-electron chi connectivity index (χ3n) is 2.78. The Morgan fingerprint density at radius 1 is 1.50 bits per heavy atom. The third kappa shape index (κ3) is 3.24. The molecule has 102 valence electrons. The number of nitrogens with one attached hydrogen (secondary N) is 1. The number of amides is 2. The van der Waals surface area contributed by atoms with E-state index < -0.39 is 23.9 Å². The smallest absolute Gasteiger partial charge is 0.321 e. The van der Waals surface area contributed by atoms with E-state index in [4.69, 9.17) is 0 Å². The highest BCUT2D eigenvalue weighted by atomic mass is 19.4. The van der Waals surface area contributed by atoms with Crippen LogP contribution in [-0.2, 0) is 4.79 Å². The lowest BCUT2D eigenvalue weighted by atomic mass is 9.99. The van der Waals surface area contributed by atoms with Gasteiger partial charge in [0, 0.05) is 19.4 Å². The molecule has 4 nitrogen and oxygen atoms in total. The average Bonchev–Trinajstić information content (AvgIpc) is 2.22. The van der Waals surface area contributed by atoms with E-state index in [0.717, 1.165) is 11.0 Å². The van der Waals surface area contributed by atoms with Crippen LogP contribution in [0.1, 0.15) is 20.3 Å². The van der Waals surface area contributed by atoms with Crippen LogP contribution in [0.2, 0.25) is 0 Å². The van der Waals surface area contributed by atoms with Gasteiger partial charge in [-0.15, -0.1) is 0 Å². The number of allylic oxidation sites excluding steroid dienone is 1. The fraction of sp³-hybridized carbons (Fsp3) is 0.636. The Morgan fingerprint density at radius 3 is 2.50 bits per heavy atom. The van der Waals surface area contributed by atoms with Crippen LogP contribution in [0.25, 0.3) is 0 Å². The van der Waals surface area contributed by atoms with Gasteiger partial charge in [0.25, 0.3) is 0 Å². The van der Waals surface area contributed by atoms with Crippen LogP contribution in [0.5, 0.6) is 0 Å². The molecule has 0 saturated carbocycles. The van der Waals surface area contributed by atoms with E-state index in [1.807, 2.05) is 0 Å². The lowest BCUT2D eigenvalue weighted by Gasteiger charge is -2.32.